The Kier molecular flexibility index (Phi) is 3.40. The summed E-state index contributed by atoms with van der Waals surface area (Å²) in [6, 6.07) is 0. The summed E-state index contributed by atoms with van der Waals surface area (Å²) in [5, 5.41) is 8.26. The maximum absolute atomic E-state index is 10.1. The fourth-order valence-corrected chi connectivity index (χ4v) is 0.326. The first-order chi connectivity index (χ1) is 4.18. The molecule has 0 fully saturated rings. The summed E-state index contributed by atoms with van der Waals surface area (Å²) in [7, 11) is 0. The smallest absolute Gasteiger partial charge is 0.306 e. The summed E-state index contributed by atoms with van der Waals surface area (Å²) in [6.07, 6.45) is 1.44. The van der Waals surface area contributed by atoms with Crippen molar-refractivity contribution in [2.75, 3.05) is 0 Å². The summed E-state index contributed by atoms with van der Waals surface area (Å²) in [5.74, 6) is 0.148. The van der Waals surface area contributed by atoms with Gasteiger partial charge in [0, 0.05) is 6.08 Å². The largest absolute Gasteiger partial charge is 0.481 e. The van der Waals surface area contributed by atoms with Gasteiger partial charge in [-0.3, -0.25) is 4.79 Å². The Hall–Kier alpha value is -1.08. The summed E-state index contributed by atoms with van der Waals surface area (Å²) < 4.78 is 0. The minimum absolute atomic E-state index is 0.263. The molecule has 0 aliphatic rings. The highest BCUT2D eigenvalue weighted by Gasteiger charge is 2.07. The van der Waals surface area contributed by atoms with Gasteiger partial charge in [0.25, 0.3) is 0 Å². The van der Waals surface area contributed by atoms with Crippen molar-refractivity contribution < 1.29 is 14.7 Å². The molecule has 1 unspecified atom stereocenters. The quantitative estimate of drug-likeness (QED) is 0.562. The number of carboxylic acid groups (broad SMARTS) is 1. The number of hydrogen-bond acceptors (Lipinski definition) is 2. The molecule has 0 saturated carbocycles. The zero-order valence-electron chi connectivity index (χ0n) is 5.13. The van der Waals surface area contributed by atoms with Gasteiger partial charge in [-0.2, -0.15) is 0 Å². The number of carbonyl (C=O) groups excluding carboxylic acids is 1. The van der Waals surface area contributed by atoms with Gasteiger partial charge in [-0.1, -0.05) is 6.92 Å². The van der Waals surface area contributed by atoms with Crippen molar-refractivity contribution in [1.29, 1.82) is 0 Å². The normalized spacial score (nSPS) is 11.7. The van der Waals surface area contributed by atoms with Crippen molar-refractivity contribution in [2.24, 2.45) is 5.92 Å². The van der Waals surface area contributed by atoms with Crippen LogP contribution in [0.25, 0.3) is 0 Å². The van der Waals surface area contributed by atoms with Gasteiger partial charge in [-0.15, -0.1) is 0 Å². The van der Waals surface area contributed by atoms with E-state index in [4.69, 9.17) is 5.11 Å². The zero-order chi connectivity index (χ0) is 7.28. The predicted octanol–water partition coefficient (Wildman–Crippen LogP) is 0.485. The van der Waals surface area contributed by atoms with Gasteiger partial charge in [0.1, 0.15) is 5.94 Å². The molecule has 0 aromatic rings. The molecule has 0 heterocycles. The molecule has 0 radical (unpaired) electrons. The Morgan fingerprint density at radius 3 is 2.78 bits per heavy atom. The van der Waals surface area contributed by atoms with Gasteiger partial charge in [0.15, 0.2) is 0 Å². The number of aliphatic carboxylic acids is 1. The maximum Gasteiger partial charge on any atom is 0.306 e. The lowest BCUT2D eigenvalue weighted by molar-refractivity contribution is -0.140. The summed E-state index contributed by atoms with van der Waals surface area (Å²) in [4.78, 5) is 19.6. The Bertz CT molecular complexity index is 144. The van der Waals surface area contributed by atoms with Gasteiger partial charge < -0.3 is 5.11 Å². The summed E-state index contributed by atoms with van der Waals surface area (Å²) >= 11 is 0. The minimum Gasteiger partial charge on any atom is -0.481 e. The number of rotatable bonds is 3. The van der Waals surface area contributed by atoms with E-state index in [0.717, 1.165) is 0 Å². The van der Waals surface area contributed by atoms with Crippen LogP contribution in [0, 0.1) is 5.92 Å². The van der Waals surface area contributed by atoms with Crippen LogP contribution in [0.3, 0.4) is 0 Å². The van der Waals surface area contributed by atoms with E-state index in [2.05, 4.69) is 0 Å². The fourth-order valence-electron chi connectivity index (χ4n) is 0.326. The highest BCUT2D eigenvalue weighted by atomic mass is 16.4. The van der Waals surface area contributed by atoms with E-state index < -0.39 is 11.9 Å². The monoisotopic (exact) mass is 128 g/mol. The van der Waals surface area contributed by atoms with Crippen LogP contribution in [0.1, 0.15) is 13.3 Å². The van der Waals surface area contributed by atoms with E-state index in [1.807, 2.05) is 0 Å². The third-order valence-electron chi connectivity index (χ3n) is 0.976. The molecule has 0 aromatic heterocycles. The average Bonchev–Trinajstić information content (AvgIpc) is 1.82. The maximum atomic E-state index is 10.1. The van der Waals surface area contributed by atoms with Crippen LogP contribution in [0.15, 0.2) is 6.08 Å². The standard InChI is InChI=1S/C6H8O3/c1-5(6(8)9)3-2-4-7/h2,5H,3H2,1H3,(H,8,9). The molecule has 9 heavy (non-hydrogen) atoms. The van der Waals surface area contributed by atoms with E-state index in [-0.39, 0.29) is 6.42 Å². The Labute approximate surface area is 53.0 Å². The first-order valence-electron chi connectivity index (χ1n) is 2.60. The molecule has 0 aliphatic carbocycles. The van der Waals surface area contributed by atoms with E-state index in [0.29, 0.717) is 0 Å². The van der Waals surface area contributed by atoms with Crippen LogP contribution in [0.5, 0.6) is 0 Å². The fraction of sp³-hybridized carbons (Fsp3) is 0.500. The number of allylic oxidation sites excluding steroid dienone is 1. The van der Waals surface area contributed by atoms with Crippen molar-refractivity contribution >= 4 is 11.9 Å². The second kappa shape index (κ2) is 3.87. The van der Waals surface area contributed by atoms with Crippen LogP contribution in [-0.2, 0) is 9.59 Å². The average molecular weight is 128 g/mol. The van der Waals surface area contributed by atoms with Crippen molar-refractivity contribution in [2.45, 2.75) is 13.3 Å². The number of carbonyl (C=O) groups is 1. The Balaban J connectivity index is 3.63. The number of carboxylic acids is 1. The molecule has 0 rings (SSSR count). The molecule has 0 spiro atoms. The lowest BCUT2D eigenvalue weighted by Gasteiger charge is -1.96. The van der Waals surface area contributed by atoms with Crippen molar-refractivity contribution in [1.82, 2.24) is 0 Å². The molecule has 3 nitrogen and oxygen atoms in total. The van der Waals surface area contributed by atoms with E-state index in [9.17, 15) is 9.59 Å². The van der Waals surface area contributed by atoms with Crippen molar-refractivity contribution in [3.05, 3.63) is 6.08 Å². The highest BCUT2D eigenvalue weighted by Crippen LogP contribution is 1.99. The lowest BCUT2D eigenvalue weighted by Crippen LogP contribution is -2.07. The SMILES string of the molecule is CC(CC=C=O)C(=O)O. The Morgan fingerprint density at radius 1 is 1.89 bits per heavy atom. The van der Waals surface area contributed by atoms with Crippen LogP contribution in [-0.4, -0.2) is 17.0 Å². The molecule has 0 aromatic carbocycles. The minimum atomic E-state index is -0.887. The summed E-state index contributed by atoms with van der Waals surface area (Å²) in [5.41, 5.74) is 0. The Morgan fingerprint density at radius 2 is 2.44 bits per heavy atom. The second-order valence-electron chi connectivity index (χ2n) is 1.80. The molecule has 1 atom stereocenters. The lowest BCUT2D eigenvalue weighted by atomic mass is 10.1. The van der Waals surface area contributed by atoms with Gasteiger partial charge in [-0.25, -0.2) is 4.79 Å². The second-order valence-corrected chi connectivity index (χ2v) is 1.80. The predicted molar refractivity (Wildman–Crippen MR) is 31.7 cm³/mol. The first kappa shape index (κ1) is 7.92. The molecule has 0 aliphatic heterocycles. The topological polar surface area (TPSA) is 54.4 Å². The van der Waals surface area contributed by atoms with Gasteiger partial charge in [0.2, 0.25) is 0 Å². The molecular formula is C6H8O3. The molecule has 3 heteroatoms. The first-order valence-corrected chi connectivity index (χ1v) is 2.60. The zero-order valence-corrected chi connectivity index (χ0v) is 5.13. The molecule has 50 valence electrons. The third kappa shape index (κ3) is 3.50. The molecule has 0 saturated heterocycles. The van der Waals surface area contributed by atoms with E-state index in [1.54, 1.807) is 0 Å². The van der Waals surface area contributed by atoms with Crippen LogP contribution in [0.4, 0.5) is 0 Å². The third-order valence-corrected chi connectivity index (χ3v) is 0.976. The highest BCUT2D eigenvalue weighted by molar-refractivity contribution is 5.70. The van der Waals surface area contributed by atoms with E-state index >= 15 is 0 Å². The van der Waals surface area contributed by atoms with Gasteiger partial charge in [-0.05, 0) is 6.42 Å². The molecule has 0 bridgehead atoms. The van der Waals surface area contributed by atoms with Crippen LogP contribution in [0.2, 0.25) is 0 Å². The molecular weight excluding hydrogens is 120 g/mol. The number of hydrogen-bond donors (Lipinski definition) is 1. The van der Waals surface area contributed by atoms with Gasteiger partial charge in [0.05, 0.1) is 5.92 Å². The van der Waals surface area contributed by atoms with Crippen molar-refractivity contribution in [3.63, 3.8) is 0 Å². The van der Waals surface area contributed by atoms with Crippen LogP contribution >= 0.6 is 0 Å². The van der Waals surface area contributed by atoms with Gasteiger partial charge >= 0.3 is 5.97 Å². The van der Waals surface area contributed by atoms with E-state index in [1.165, 1.54) is 18.9 Å². The molecule has 1 N–H and O–H groups in total. The van der Waals surface area contributed by atoms with Crippen molar-refractivity contribution in [3.8, 4) is 0 Å². The van der Waals surface area contributed by atoms with Crippen LogP contribution < -0.4 is 0 Å². The summed E-state index contributed by atoms with van der Waals surface area (Å²) in [6.45, 7) is 1.54. The molecule has 0 amide bonds.